The zero-order valence-electron chi connectivity index (χ0n) is 12.1. The molecule has 1 heterocycles. The van der Waals surface area contributed by atoms with Gasteiger partial charge in [0.15, 0.2) is 5.78 Å². The van der Waals surface area contributed by atoms with Crippen LogP contribution in [0.4, 0.5) is 5.69 Å². The third-order valence-corrected chi connectivity index (χ3v) is 4.35. The minimum absolute atomic E-state index is 0.284. The zero-order valence-corrected chi connectivity index (χ0v) is 12.9. The van der Waals surface area contributed by atoms with E-state index in [1.54, 1.807) is 43.3 Å². The van der Waals surface area contributed by atoms with Crippen LogP contribution in [0.3, 0.4) is 0 Å². The summed E-state index contributed by atoms with van der Waals surface area (Å²) in [4.78, 5) is 25.7. The first-order valence-electron chi connectivity index (χ1n) is 6.78. The molecule has 0 saturated heterocycles. The molecule has 0 aromatic heterocycles. The normalized spacial score (nSPS) is 20.3. The van der Waals surface area contributed by atoms with Crippen LogP contribution in [-0.2, 0) is 10.2 Å². The highest BCUT2D eigenvalue weighted by atomic mass is 35.5. The summed E-state index contributed by atoms with van der Waals surface area (Å²) in [5.74, 6) is -0.399. The molecule has 5 heteroatoms. The summed E-state index contributed by atoms with van der Waals surface area (Å²) in [6.45, 7) is 1.61. The lowest BCUT2D eigenvalue weighted by Gasteiger charge is -2.33. The molecule has 112 valence electrons. The van der Waals surface area contributed by atoms with Crippen molar-refractivity contribution in [1.29, 1.82) is 0 Å². The second-order valence-electron chi connectivity index (χ2n) is 5.28. The predicted molar refractivity (Wildman–Crippen MR) is 84.8 cm³/mol. The Morgan fingerprint density at radius 1 is 1.09 bits per heavy atom. The van der Waals surface area contributed by atoms with Crippen LogP contribution in [0.2, 0.25) is 5.02 Å². The Bertz CT molecular complexity index is 773. The molecule has 2 aromatic carbocycles. The minimum atomic E-state index is -1.31. The summed E-state index contributed by atoms with van der Waals surface area (Å²) in [6, 6.07) is 12.2. The smallest absolute Gasteiger partial charge is 0.242 e. The van der Waals surface area contributed by atoms with E-state index < -0.39 is 5.41 Å². The van der Waals surface area contributed by atoms with Crippen molar-refractivity contribution in [2.45, 2.75) is 12.3 Å². The number of nitrogens with one attached hydrogen (secondary N) is 1. The van der Waals surface area contributed by atoms with Gasteiger partial charge in [-0.2, -0.15) is 0 Å². The van der Waals surface area contributed by atoms with Crippen molar-refractivity contribution in [1.82, 2.24) is 0 Å². The van der Waals surface area contributed by atoms with Gasteiger partial charge in [0, 0.05) is 0 Å². The Hall–Kier alpha value is -2.33. The maximum absolute atomic E-state index is 13.1. The monoisotopic (exact) mass is 315 g/mol. The van der Waals surface area contributed by atoms with E-state index in [0.717, 1.165) is 0 Å². The summed E-state index contributed by atoms with van der Waals surface area (Å²) in [5, 5.41) is 3.12. The standard InChI is InChI=1S/C17H14ClNO3/c1-17(10-6-4-3-5-7-10)15(20)13-12(19-16(17)21)9-8-11(18)14(13)22-2/h3-9H,1-2H3,(H,19,21). The molecular formula is C17H14ClNO3. The van der Waals surface area contributed by atoms with E-state index in [4.69, 9.17) is 16.3 Å². The molecule has 22 heavy (non-hydrogen) atoms. The number of ketones is 1. The number of hydrogen-bond acceptors (Lipinski definition) is 3. The molecule has 0 fully saturated rings. The highest BCUT2D eigenvalue weighted by Gasteiger charge is 2.48. The van der Waals surface area contributed by atoms with Gasteiger partial charge in [0.05, 0.1) is 23.4 Å². The van der Waals surface area contributed by atoms with Crippen LogP contribution < -0.4 is 10.1 Å². The van der Waals surface area contributed by atoms with Crippen molar-refractivity contribution >= 4 is 29.0 Å². The number of anilines is 1. The van der Waals surface area contributed by atoms with Gasteiger partial charge in [-0.15, -0.1) is 0 Å². The van der Waals surface area contributed by atoms with Crippen LogP contribution in [0.5, 0.6) is 5.75 Å². The second-order valence-corrected chi connectivity index (χ2v) is 5.68. The number of fused-ring (bicyclic) bond motifs is 1. The van der Waals surface area contributed by atoms with Crippen molar-refractivity contribution in [3.05, 3.63) is 58.6 Å². The van der Waals surface area contributed by atoms with Crippen molar-refractivity contribution in [2.75, 3.05) is 12.4 Å². The number of rotatable bonds is 2. The number of carbonyl (C=O) groups is 2. The van der Waals surface area contributed by atoms with E-state index in [-0.39, 0.29) is 17.4 Å². The fourth-order valence-corrected chi connectivity index (χ4v) is 2.96. The van der Waals surface area contributed by atoms with E-state index in [0.29, 0.717) is 21.8 Å². The van der Waals surface area contributed by atoms with Crippen molar-refractivity contribution < 1.29 is 14.3 Å². The number of amides is 1. The summed E-state index contributed by atoms with van der Waals surface area (Å²) in [7, 11) is 1.45. The zero-order chi connectivity index (χ0) is 15.9. The lowest BCUT2D eigenvalue weighted by molar-refractivity contribution is -0.119. The number of methoxy groups -OCH3 is 1. The van der Waals surface area contributed by atoms with Crippen molar-refractivity contribution in [2.24, 2.45) is 0 Å². The van der Waals surface area contributed by atoms with Crippen LogP contribution in [0, 0.1) is 0 Å². The fraction of sp³-hybridized carbons (Fsp3) is 0.176. The predicted octanol–water partition coefficient (Wildman–Crippen LogP) is 3.44. The number of ether oxygens (including phenoxy) is 1. The molecule has 1 aliphatic rings. The quantitative estimate of drug-likeness (QED) is 0.864. The lowest BCUT2D eigenvalue weighted by atomic mass is 9.72. The Morgan fingerprint density at radius 3 is 2.41 bits per heavy atom. The van der Waals surface area contributed by atoms with E-state index in [1.807, 2.05) is 6.07 Å². The molecule has 4 nitrogen and oxygen atoms in total. The maximum atomic E-state index is 13.1. The average molecular weight is 316 g/mol. The largest absolute Gasteiger partial charge is 0.494 e. The Kier molecular flexibility index (Phi) is 3.41. The van der Waals surface area contributed by atoms with E-state index >= 15 is 0 Å². The third-order valence-electron chi connectivity index (χ3n) is 4.05. The van der Waals surface area contributed by atoms with Crippen LogP contribution in [0.15, 0.2) is 42.5 Å². The molecule has 1 N–H and O–H groups in total. The molecule has 3 rings (SSSR count). The van der Waals surface area contributed by atoms with Gasteiger partial charge in [0.25, 0.3) is 0 Å². The maximum Gasteiger partial charge on any atom is 0.242 e. The molecule has 0 spiro atoms. The van der Waals surface area contributed by atoms with Crippen molar-refractivity contribution in [3.8, 4) is 5.75 Å². The summed E-state index contributed by atoms with van der Waals surface area (Å²) < 4.78 is 5.27. The number of benzene rings is 2. The SMILES string of the molecule is COc1c(Cl)ccc2c1C(=O)C(C)(c1ccccc1)C(=O)N2. The van der Waals surface area contributed by atoms with Crippen LogP contribution in [0.1, 0.15) is 22.8 Å². The lowest BCUT2D eigenvalue weighted by Crippen LogP contribution is -2.48. The Morgan fingerprint density at radius 2 is 1.77 bits per heavy atom. The van der Waals surface area contributed by atoms with Crippen molar-refractivity contribution in [3.63, 3.8) is 0 Å². The first-order chi connectivity index (χ1) is 10.5. The Labute approximate surface area is 133 Å². The van der Waals surface area contributed by atoms with E-state index in [1.165, 1.54) is 7.11 Å². The molecule has 1 amide bonds. The summed E-state index contributed by atoms with van der Waals surface area (Å²) in [6.07, 6.45) is 0. The van der Waals surface area contributed by atoms with Gasteiger partial charge in [-0.1, -0.05) is 41.9 Å². The molecule has 1 aliphatic heterocycles. The fourth-order valence-electron chi connectivity index (χ4n) is 2.72. The van der Waals surface area contributed by atoms with Gasteiger partial charge in [-0.25, -0.2) is 0 Å². The minimum Gasteiger partial charge on any atom is -0.494 e. The summed E-state index contributed by atoms with van der Waals surface area (Å²) >= 11 is 6.11. The number of carbonyl (C=O) groups excluding carboxylic acids is 2. The molecule has 0 radical (unpaired) electrons. The molecule has 0 aliphatic carbocycles. The van der Waals surface area contributed by atoms with Gasteiger partial charge >= 0.3 is 0 Å². The van der Waals surface area contributed by atoms with Crippen LogP contribution in [-0.4, -0.2) is 18.8 Å². The van der Waals surface area contributed by atoms with Gasteiger partial charge < -0.3 is 10.1 Å². The topological polar surface area (TPSA) is 55.4 Å². The van der Waals surface area contributed by atoms with Crippen LogP contribution >= 0.6 is 11.6 Å². The molecule has 0 bridgehead atoms. The second kappa shape index (κ2) is 5.14. The third kappa shape index (κ3) is 1.91. The van der Waals surface area contributed by atoms with Gasteiger partial charge in [-0.05, 0) is 24.6 Å². The number of hydrogen-bond donors (Lipinski definition) is 1. The molecular weight excluding hydrogens is 302 g/mol. The Balaban J connectivity index is 2.25. The first-order valence-corrected chi connectivity index (χ1v) is 7.16. The summed E-state index contributed by atoms with van der Waals surface area (Å²) in [5.41, 5.74) is 0.0439. The van der Waals surface area contributed by atoms with Gasteiger partial charge in [0.1, 0.15) is 11.2 Å². The van der Waals surface area contributed by atoms with Gasteiger partial charge in [0.2, 0.25) is 5.91 Å². The van der Waals surface area contributed by atoms with E-state index in [9.17, 15) is 9.59 Å². The molecule has 2 aromatic rings. The molecule has 1 unspecified atom stereocenters. The van der Waals surface area contributed by atoms with Crippen LogP contribution in [0.25, 0.3) is 0 Å². The number of Topliss-reactive ketones (excluding diaryl/α,β-unsaturated/α-hetero) is 1. The molecule has 0 saturated carbocycles. The van der Waals surface area contributed by atoms with E-state index in [2.05, 4.69) is 5.32 Å². The average Bonchev–Trinajstić information content (AvgIpc) is 2.54. The highest BCUT2D eigenvalue weighted by Crippen LogP contribution is 2.43. The molecule has 1 atom stereocenters. The highest BCUT2D eigenvalue weighted by molar-refractivity contribution is 6.35. The number of halogens is 1. The first kappa shape index (κ1) is 14.6. The van der Waals surface area contributed by atoms with Gasteiger partial charge in [-0.3, -0.25) is 9.59 Å².